The molecule has 0 fully saturated rings. The normalized spacial score (nSPS) is 20.0. The van der Waals surface area contributed by atoms with Crippen LogP contribution in [0.2, 0.25) is 0 Å². The molecule has 0 amide bonds. The van der Waals surface area contributed by atoms with Crippen molar-refractivity contribution in [2.24, 2.45) is 0 Å². The molecule has 0 saturated heterocycles. The number of hydrogen-bond acceptors (Lipinski definition) is 4. The molecule has 3 aromatic carbocycles. The summed E-state index contributed by atoms with van der Waals surface area (Å²) in [4.78, 5) is 0. The van der Waals surface area contributed by atoms with E-state index in [1.165, 1.54) is 0 Å². The van der Waals surface area contributed by atoms with Gasteiger partial charge in [-0.2, -0.15) is 0 Å². The molecule has 0 aliphatic carbocycles. The highest BCUT2D eigenvalue weighted by molar-refractivity contribution is 5.97. The molecule has 0 N–H and O–H groups in total. The molecular weight excluding hydrogens is 316 g/mol. The molecule has 0 aromatic heterocycles. The maximum absolute atomic E-state index is 6.46. The molecule has 2 aliphatic rings. The largest absolute Gasteiger partial charge is 0.496 e. The van der Waals surface area contributed by atoms with Gasteiger partial charge >= 0.3 is 0 Å². The van der Waals surface area contributed by atoms with Gasteiger partial charge in [-0.1, -0.05) is 24.3 Å². The van der Waals surface area contributed by atoms with Crippen LogP contribution in [0.5, 0.6) is 17.2 Å². The summed E-state index contributed by atoms with van der Waals surface area (Å²) in [5.41, 5.74) is 4.09. The summed E-state index contributed by atoms with van der Waals surface area (Å²) in [5.74, 6) is 1.44. The number of benzene rings is 3. The van der Waals surface area contributed by atoms with Crippen molar-refractivity contribution in [3.8, 4) is 17.2 Å². The first-order valence-corrected chi connectivity index (χ1v) is 8.29. The van der Waals surface area contributed by atoms with E-state index < -0.39 is 5.79 Å². The van der Waals surface area contributed by atoms with E-state index in [-0.39, 0.29) is 0 Å². The number of rotatable bonds is 2. The lowest BCUT2D eigenvalue weighted by molar-refractivity contribution is -0.142. The Kier molecular flexibility index (Phi) is 2.86. The number of hydrogen-bond donors (Lipinski definition) is 0. The molecule has 0 bridgehead atoms. The van der Waals surface area contributed by atoms with Gasteiger partial charge in [0.25, 0.3) is 5.79 Å². The fourth-order valence-corrected chi connectivity index (χ4v) is 4.09. The summed E-state index contributed by atoms with van der Waals surface area (Å²) in [7, 11) is 3.36. The zero-order chi connectivity index (χ0) is 17.2. The molecule has 1 atom stereocenters. The number of fused-ring (bicyclic) bond motifs is 3. The first-order valence-electron chi connectivity index (χ1n) is 8.29. The van der Waals surface area contributed by atoms with E-state index >= 15 is 0 Å². The molecule has 3 aromatic rings. The van der Waals surface area contributed by atoms with Gasteiger partial charge in [-0.15, -0.1) is 0 Å². The topological polar surface area (TPSA) is 36.9 Å². The van der Waals surface area contributed by atoms with Crippen molar-refractivity contribution in [2.45, 2.75) is 19.3 Å². The minimum Gasteiger partial charge on any atom is -0.496 e. The van der Waals surface area contributed by atoms with Gasteiger partial charge in [-0.05, 0) is 36.1 Å². The summed E-state index contributed by atoms with van der Waals surface area (Å²) in [6.45, 7) is 2.51. The van der Waals surface area contributed by atoms with Gasteiger partial charge in [-0.25, -0.2) is 0 Å². The van der Waals surface area contributed by atoms with Gasteiger partial charge in [0.05, 0.1) is 26.4 Å². The molecule has 25 heavy (non-hydrogen) atoms. The fourth-order valence-electron chi connectivity index (χ4n) is 4.09. The van der Waals surface area contributed by atoms with Crippen LogP contribution in [0.1, 0.15) is 22.3 Å². The Morgan fingerprint density at radius 1 is 1.00 bits per heavy atom. The molecule has 2 heterocycles. The number of aryl methyl sites for hydroxylation is 1. The van der Waals surface area contributed by atoms with Crippen LogP contribution in [0.4, 0.5) is 0 Å². The zero-order valence-electron chi connectivity index (χ0n) is 14.4. The first kappa shape index (κ1) is 14.6. The van der Waals surface area contributed by atoms with E-state index in [1.54, 1.807) is 14.2 Å². The van der Waals surface area contributed by atoms with E-state index in [0.29, 0.717) is 6.61 Å². The maximum atomic E-state index is 6.46. The lowest BCUT2D eigenvalue weighted by Gasteiger charge is -2.26. The van der Waals surface area contributed by atoms with Crippen molar-refractivity contribution in [1.29, 1.82) is 0 Å². The predicted octanol–water partition coefficient (Wildman–Crippen LogP) is 4.29. The Morgan fingerprint density at radius 2 is 1.84 bits per heavy atom. The summed E-state index contributed by atoms with van der Waals surface area (Å²) < 4.78 is 23.9. The Bertz CT molecular complexity index is 1020. The van der Waals surface area contributed by atoms with Gasteiger partial charge < -0.3 is 18.9 Å². The molecule has 4 nitrogen and oxygen atoms in total. The van der Waals surface area contributed by atoms with Crippen LogP contribution in [0, 0.1) is 6.92 Å². The van der Waals surface area contributed by atoms with Crippen molar-refractivity contribution in [3.63, 3.8) is 0 Å². The van der Waals surface area contributed by atoms with Gasteiger partial charge in [-0.3, -0.25) is 0 Å². The van der Waals surface area contributed by atoms with Crippen LogP contribution in [0.15, 0.2) is 42.5 Å². The molecule has 1 unspecified atom stereocenters. The van der Waals surface area contributed by atoms with Gasteiger partial charge in [0.15, 0.2) is 0 Å². The zero-order valence-corrected chi connectivity index (χ0v) is 14.4. The smallest absolute Gasteiger partial charge is 0.269 e. The standard InChI is InChI=1S/C21H18O4/c1-12-9-13-7-8-17(23-3)20-19(13)18(10-12)25-21(20)15-5-4-6-16(22-2)14(15)11-24-21/h4-10H,11H2,1-3H3. The van der Waals surface area contributed by atoms with Crippen LogP contribution in [-0.2, 0) is 17.1 Å². The highest BCUT2D eigenvalue weighted by Gasteiger charge is 2.52. The molecule has 0 saturated carbocycles. The van der Waals surface area contributed by atoms with E-state index in [9.17, 15) is 0 Å². The summed E-state index contributed by atoms with van der Waals surface area (Å²) in [6.07, 6.45) is 0. The van der Waals surface area contributed by atoms with Gasteiger partial charge in [0.1, 0.15) is 17.2 Å². The average Bonchev–Trinajstić information content (AvgIpc) is 3.16. The quantitative estimate of drug-likeness (QED) is 0.700. The van der Waals surface area contributed by atoms with Crippen LogP contribution in [0.3, 0.4) is 0 Å². The summed E-state index contributed by atoms with van der Waals surface area (Å²) in [6, 6.07) is 14.2. The highest BCUT2D eigenvalue weighted by Crippen LogP contribution is 2.56. The Labute approximate surface area is 145 Å². The monoisotopic (exact) mass is 334 g/mol. The molecule has 4 heteroatoms. The second-order valence-electron chi connectivity index (χ2n) is 6.50. The fraction of sp³-hybridized carbons (Fsp3) is 0.238. The molecule has 2 aliphatic heterocycles. The second kappa shape index (κ2) is 4.90. The Hall–Kier alpha value is -2.72. The predicted molar refractivity (Wildman–Crippen MR) is 94.4 cm³/mol. The van der Waals surface area contributed by atoms with E-state index in [0.717, 1.165) is 50.3 Å². The summed E-state index contributed by atoms with van der Waals surface area (Å²) >= 11 is 0. The van der Waals surface area contributed by atoms with Gasteiger partial charge in [0, 0.05) is 16.5 Å². The molecular formula is C21H18O4. The Morgan fingerprint density at radius 3 is 2.64 bits per heavy atom. The minimum atomic E-state index is -0.981. The van der Waals surface area contributed by atoms with Crippen molar-refractivity contribution in [2.75, 3.05) is 14.2 Å². The van der Waals surface area contributed by atoms with Crippen LogP contribution in [0.25, 0.3) is 10.8 Å². The Balaban J connectivity index is 1.86. The summed E-state index contributed by atoms with van der Waals surface area (Å²) in [5, 5.41) is 2.18. The van der Waals surface area contributed by atoms with Gasteiger partial charge in [0.2, 0.25) is 0 Å². The van der Waals surface area contributed by atoms with Crippen molar-refractivity contribution < 1.29 is 18.9 Å². The van der Waals surface area contributed by atoms with Crippen LogP contribution >= 0.6 is 0 Å². The van der Waals surface area contributed by atoms with Crippen molar-refractivity contribution in [1.82, 2.24) is 0 Å². The first-order chi connectivity index (χ1) is 12.2. The number of methoxy groups -OCH3 is 2. The van der Waals surface area contributed by atoms with Crippen molar-refractivity contribution >= 4 is 10.8 Å². The van der Waals surface area contributed by atoms with E-state index in [4.69, 9.17) is 18.9 Å². The number of ether oxygens (including phenoxy) is 4. The maximum Gasteiger partial charge on any atom is 0.269 e. The average molecular weight is 334 g/mol. The van der Waals surface area contributed by atoms with Crippen molar-refractivity contribution in [3.05, 3.63) is 64.7 Å². The third-order valence-electron chi connectivity index (χ3n) is 5.12. The third-order valence-corrected chi connectivity index (χ3v) is 5.12. The molecule has 126 valence electrons. The molecule has 0 radical (unpaired) electrons. The molecule has 1 spiro atoms. The SMILES string of the molecule is COc1cccc2c1COC21Oc2cc(C)cc3ccc(OC)c1c23. The molecule has 5 rings (SSSR count). The minimum absolute atomic E-state index is 0.436. The lowest BCUT2D eigenvalue weighted by Crippen LogP contribution is -2.31. The highest BCUT2D eigenvalue weighted by atomic mass is 16.7. The third kappa shape index (κ3) is 1.75. The van der Waals surface area contributed by atoms with Crippen LogP contribution < -0.4 is 14.2 Å². The van der Waals surface area contributed by atoms with E-state index in [1.807, 2.05) is 24.3 Å². The lowest BCUT2D eigenvalue weighted by atomic mass is 9.92. The van der Waals surface area contributed by atoms with Crippen LogP contribution in [-0.4, -0.2) is 14.2 Å². The second-order valence-corrected chi connectivity index (χ2v) is 6.50. The van der Waals surface area contributed by atoms with E-state index in [2.05, 4.69) is 25.1 Å².